The largest absolute Gasteiger partial charge is 0.398 e. The van der Waals surface area contributed by atoms with Gasteiger partial charge in [0.1, 0.15) is 0 Å². The lowest BCUT2D eigenvalue weighted by molar-refractivity contribution is 0.101. The number of hydrogen-bond donors (Lipinski definition) is 1. The summed E-state index contributed by atoms with van der Waals surface area (Å²) in [6.45, 7) is 2.30. The summed E-state index contributed by atoms with van der Waals surface area (Å²) >= 11 is 1.71. The van der Waals surface area contributed by atoms with Gasteiger partial charge in [-0.05, 0) is 31.5 Å². The average molecular weight is 239 g/mol. The number of carbonyl (C=O) groups is 1. The van der Waals surface area contributed by atoms with Crippen LogP contribution < -0.4 is 5.73 Å². The van der Waals surface area contributed by atoms with E-state index >= 15 is 0 Å². The van der Waals surface area contributed by atoms with Crippen molar-refractivity contribution in [1.82, 2.24) is 0 Å². The Morgan fingerprint density at radius 1 is 1.50 bits per heavy atom. The molecule has 0 saturated carbocycles. The number of nitrogen functional groups attached to an aromatic ring is 1. The number of Topliss-reactive ketones (excluding diaryl/α,β-unsaturated/α-hetero) is 1. The molecular weight excluding hydrogens is 222 g/mol. The molecule has 0 aliphatic rings. The van der Waals surface area contributed by atoms with Gasteiger partial charge < -0.3 is 10.5 Å². The predicted octanol–water partition coefficient (Wildman–Crippen LogP) is 2.60. The van der Waals surface area contributed by atoms with Gasteiger partial charge in [0.25, 0.3) is 0 Å². The Bertz CT molecular complexity index is 366. The maximum absolute atomic E-state index is 11.3. The first-order valence-electron chi connectivity index (χ1n) is 5.17. The third-order valence-corrected chi connectivity index (χ3v) is 3.25. The number of methoxy groups -OCH3 is 1. The fraction of sp³-hybridized carbons (Fsp3) is 0.417. The van der Waals surface area contributed by atoms with E-state index in [2.05, 4.69) is 0 Å². The van der Waals surface area contributed by atoms with Crippen molar-refractivity contribution in [1.29, 1.82) is 0 Å². The van der Waals surface area contributed by atoms with E-state index in [-0.39, 0.29) is 5.78 Å². The molecule has 3 nitrogen and oxygen atoms in total. The van der Waals surface area contributed by atoms with Crippen molar-refractivity contribution in [2.45, 2.75) is 18.2 Å². The summed E-state index contributed by atoms with van der Waals surface area (Å²) in [6.07, 6.45) is 1.00. The van der Waals surface area contributed by atoms with Crippen molar-refractivity contribution in [3.63, 3.8) is 0 Å². The molecule has 0 unspecified atom stereocenters. The second-order valence-corrected chi connectivity index (χ2v) is 4.67. The van der Waals surface area contributed by atoms with Gasteiger partial charge in [-0.3, -0.25) is 4.79 Å². The Kier molecular flexibility index (Phi) is 5.35. The number of ketones is 1. The molecule has 0 fully saturated rings. The number of ether oxygens (including phenoxy) is 1. The van der Waals surface area contributed by atoms with Crippen LogP contribution in [0, 0.1) is 0 Å². The van der Waals surface area contributed by atoms with Gasteiger partial charge in [0.15, 0.2) is 5.78 Å². The molecule has 0 aliphatic heterocycles. The maximum Gasteiger partial charge on any atom is 0.161 e. The molecule has 0 spiro atoms. The molecule has 0 aliphatic carbocycles. The van der Waals surface area contributed by atoms with Crippen LogP contribution in [0.15, 0.2) is 23.1 Å². The summed E-state index contributed by atoms with van der Waals surface area (Å²) in [5.74, 6) is 0.992. The SMILES string of the molecule is COCCCSc1ccc(N)c(C(C)=O)c1. The van der Waals surface area contributed by atoms with E-state index in [4.69, 9.17) is 10.5 Å². The minimum Gasteiger partial charge on any atom is -0.398 e. The van der Waals surface area contributed by atoms with Gasteiger partial charge in [-0.15, -0.1) is 11.8 Å². The van der Waals surface area contributed by atoms with Crippen LogP contribution in [-0.2, 0) is 4.74 Å². The molecule has 2 N–H and O–H groups in total. The first kappa shape index (κ1) is 13.1. The van der Waals surface area contributed by atoms with Crippen molar-refractivity contribution in [3.8, 4) is 0 Å². The van der Waals surface area contributed by atoms with E-state index in [0.717, 1.165) is 23.7 Å². The zero-order valence-electron chi connectivity index (χ0n) is 9.66. The number of carbonyl (C=O) groups excluding carboxylic acids is 1. The van der Waals surface area contributed by atoms with E-state index in [9.17, 15) is 4.79 Å². The summed E-state index contributed by atoms with van der Waals surface area (Å²) in [5, 5.41) is 0. The Morgan fingerprint density at radius 3 is 2.88 bits per heavy atom. The molecule has 1 aromatic carbocycles. The highest BCUT2D eigenvalue weighted by Crippen LogP contribution is 2.23. The molecule has 0 aromatic heterocycles. The van der Waals surface area contributed by atoms with Gasteiger partial charge >= 0.3 is 0 Å². The molecule has 0 heterocycles. The molecule has 0 bridgehead atoms. The van der Waals surface area contributed by atoms with Gasteiger partial charge in [-0.1, -0.05) is 0 Å². The normalized spacial score (nSPS) is 10.4. The number of thioether (sulfide) groups is 1. The van der Waals surface area contributed by atoms with Crippen LogP contribution in [0.3, 0.4) is 0 Å². The zero-order chi connectivity index (χ0) is 12.0. The van der Waals surface area contributed by atoms with E-state index < -0.39 is 0 Å². The fourth-order valence-electron chi connectivity index (χ4n) is 1.32. The molecule has 0 radical (unpaired) electrons. The van der Waals surface area contributed by atoms with Gasteiger partial charge in [0, 0.05) is 35.6 Å². The monoisotopic (exact) mass is 239 g/mol. The average Bonchev–Trinajstić information content (AvgIpc) is 2.26. The van der Waals surface area contributed by atoms with Crippen LogP contribution in [-0.4, -0.2) is 25.3 Å². The van der Waals surface area contributed by atoms with Crippen molar-refractivity contribution in [2.24, 2.45) is 0 Å². The highest BCUT2D eigenvalue weighted by molar-refractivity contribution is 7.99. The minimum atomic E-state index is 0.0110. The van der Waals surface area contributed by atoms with E-state index in [1.54, 1.807) is 24.9 Å². The lowest BCUT2D eigenvalue weighted by atomic mass is 10.1. The second-order valence-electron chi connectivity index (χ2n) is 3.50. The summed E-state index contributed by atoms with van der Waals surface area (Å²) in [5.41, 5.74) is 6.87. The lowest BCUT2D eigenvalue weighted by Gasteiger charge is -2.05. The topological polar surface area (TPSA) is 52.3 Å². The quantitative estimate of drug-likeness (QED) is 0.359. The molecule has 16 heavy (non-hydrogen) atoms. The van der Waals surface area contributed by atoms with Gasteiger partial charge in [-0.25, -0.2) is 0 Å². The second kappa shape index (κ2) is 6.55. The first-order chi connectivity index (χ1) is 7.65. The third-order valence-electron chi connectivity index (χ3n) is 2.17. The molecule has 0 saturated heterocycles. The molecule has 1 rings (SSSR count). The van der Waals surface area contributed by atoms with Crippen LogP contribution in [0.1, 0.15) is 23.7 Å². The van der Waals surface area contributed by atoms with Crippen LogP contribution in [0.5, 0.6) is 0 Å². The number of hydrogen-bond acceptors (Lipinski definition) is 4. The van der Waals surface area contributed by atoms with Gasteiger partial charge in [0.2, 0.25) is 0 Å². The summed E-state index contributed by atoms with van der Waals surface area (Å²) in [4.78, 5) is 12.4. The van der Waals surface area contributed by atoms with E-state index in [1.165, 1.54) is 6.92 Å². The smallest absolute Gasteiger partial charge is 0.161 e. The lowest BCUT2D eigenvalue weighted by Crippen LogP contribution is -1.99. The Morgan fingerprint density at radius 2 is 2.25 bits per heavy atom. The van der Waals surface area contributed by atoms with Crippen molar-refractivity contribution in [3.05, 3.63) is 23.8 Å². The molecule has 4 heteroatoms. The number of rotatable bonds is 6. The van der Waals surface area contributed by atoms with Crippen molar-refractivity contribution < 1.29 is 9.53 Å². The van der Waals surface area contributed by atoms with Gasteiger partial charge in [-0.2, -0.15) is 0 Å². The zero-order valence-corrected chi connectivity index (χ0v) is 10.5. The highest BCUT2D eigenvalue weighted by atomic mass is 32.2. The molecule has 1 aromatic rings. The molecule has 88 valence electrons. The summed E-state index contributed by atoms with van der Waals surface area (Å²) < 4.78 is 4.97. The van der Waals surface area contributed by atoms with Crippen molar-refractivity contribution in [2.75, 3.05) is 25.2 Å². The molecular formula is C12H17NO2S. The van der Waals surface area contributed by atoms with Crippen LogP contribution >= 0.6 is 11.8 Å². The fourth-order valence-corrected chi connectivity index (χ4v) is 2.19. The van der Waals surface area contributed by atoms with E-state index in [1.807, 2.05) is 12.1 Å². The van der Waals surface area contributed by atoms with Crippen molar-refractivity contribution >= 4 is 23.2 Å². The molecule has 0 atom stereocenters. The van der Waals surface area contributed by atoms with Gasteiger partial charge in [0.05, 0.1) is 0 Å². The van der Waals surface area contributed by atoms with Crippen LogP contribution in [0.25, 0.3) is 0 Å². The standard InChI is InChI=1S/C12H17NO2S/c1-9(14)11-8-10(4-5-12(11)13)16-7-3-6-15-2/h4-5,8H,3,6-7,13H2,1-2H3. The number of nitrogens with two attached hydrogens (primary N) is 1. The minimum absolute atomic E-state index is 0.0110. The van der Waals surface area contributed by atoms with Crippen LogP contribution in [0.4, 0.5) is 5.69 Å². The summed E-state index contributed by atoms with van der Waals surface area (Å²) in [7, 11) is 1.70. The van der Waals surface area contributed by atoms with Crippen LogP contribution in [0.2, 0.25) is 0 Å². The Hall–Kier alpha value is -1.00. The highest BCUT2D eigenvalue weighted by Gasteiger charge is 2.05. The Labute approximate surface area is 100 Å². The predicted molar refractivity (Wildman–Crippen MR) is 68.1 cm³/mol. The first-order valence-corrected chi connectivity index (χ1v) is 6.16. The molecule has 0 amide bonds. The maximum atomic E-state index is 11.3. The number of benzene rings is 1. The third kappa shape index (κ3) is 3.87. The summed E-state index contributed by atoms with van der Waals surface area (Å²) in [6, 6.07) is 5.59. The number of anilines is 1. The Balaban J connectivity index is 2.61. The van der Waals surface area contributed by atoms with E-state index in [0.29, 0.717) is 11.3 Å².